The highest BCUT2D eigenvalue weighted by Gasteiger charge is 2.39. The first kappa shape index (κ1) is 12.2. The predicted molar refractivity (Wildman–Crippen MR) is 83.0 cm³/mol. The fraction of sp³-hybridized carbons (Fsp3) is 0.471. The van der Waals surface area contributed by atoms with E-state index < -0.39 is 0 Å². The van der Waals surface area contributed by atoms with Crippen LogP contribution in [0.25, 0.3) is 10.9 Å². The first-order chi connectivity index (χ1) is 9.85. The van der Waals surface area contributed by atoms with Gasteiger partial charge in [-0.2, -0.15) is 0 Å². The van der Waals surface area contributed by atoms with Crippen molar-refractivity contribution in [2.75, 3.05) is 18.5 Å². The molecular formula is C17H21N3. The van der Waals surface area contributed by atoms with Crippen molar-refractivity contribution in [1.29, 1.82) is 0 Å². The van der Waals surface area contributed by atoms with Crippen LogP contribution in [0, 0.1) is 5.92 Å². The topological polar surface area (TPSA) is 28.2 Å². The number of nitrogens with one attached hydrogen (secondary N) is 1. The highest BCUT2D eigenvalue weighted by Crippen LogP contribution is 2.41. The highest BCUT2D eigenvalue weighted by molar-refractivity contribution is 5.82. The summed E-state index contributed by atoms with van der Waals surface area (Å²) in [5, 5.41) is 4.53. The quantitative estimate of drug-likeness (QED) is 0.926. The molecule has 2 atom stereocenters. The molecule has 0 spiro atoms. The van der Waals surface area contributed by atoms with Gasteiger partial charge in [-0.05, 0) is 44.4 Å². The number of nitrogens with zero attached hydrogens (tertiary/aromatic N) is 2. The van der Waals surface area contributed by atoms with Crippen LogP contribution in [0.1, 0.15) is 24.8 Å². The lowest BCUT2D eigenvalue weighted by atomic mass is 10.1. The van der Waals surface area contributed by atoms with Gasteiger partial charge in [0.05, 0.1) is 5.52 Å². The number of fused-ring (bicyclic) bond motifs is 3. The lowest BCUT2D eigenvalue weighted by Gasteiger charge is -2.30. The third-order valence-electron chi connectivity index (χ3n) is 4.83. The van der Waals surface area contributed by atoms with Crippen LogP contribution in [0.4, 0.5) is 5.82 Å². The van der Waals surface area contributed by atoms with Crippen molar-refractivity contribution < 1.29 is 0 Å². The molecule has 1 aliphatic carbocycles. The molecule has 2 aromatic rings. The lowest BCUT2D eigenvalue weighted by molar-refractivity contribution is 0.549. The maximum Gasteiger partial charge on any atom is 0.134 e. The van der Waals surface area contributed by atoms with Gasteiger partial charge in [0.2, 0.25) is 0 Å². The monoisotopic (exact) mass is 267 g/mol. The van der Waals surface area contributed by atoms with Crippen molar-refractivity contribution in [3.8, 4) is 0 Å². The van der Waals surface area contributed by atoms with Gasteiger partial charge < -0.3 is 10.2 Å². The number of hydrogen-bond acceptors (Lipinski definition) is 3. The molecule has 1 N–H and O–H groups in total. The van der Waals surface area contributed by atoms with Gasteiger partial charge in [-0.3, -0.25) is 0 Å². The Morgan fingerprint density at radius 3 is 2.95 bits per heavy atom. The van der Waals surface area contributed by atoms with E-state index in [0.29, 0.717) is 0 Å². The second-order valence-electron chi connectivity index (χ2n) is 6.18. The molecule has 2 heterocycles. The van der Waals surface area contributed by atoms with Crippen LogP contribution >= 0.6 is 0 Å². The predicted octanol–water partition coefficient (Wildman–Crippen LogP) is 2.94. The summed E-state index contributed by atoms with van der Waals surface area (Å²) in [4.78, 5) is 7.54. The third-order valence-corrected chi connectivity index (χ3v) is 4.83. The van der Waals surface area contributed by atoms with Crippen molar-refractivity contribution in [2.24, 2.45) is 5.92 Å². The van der Waals surface area contributed by atoms with Crippen molar-refractivity contribution in [1.82, 2.24) is 10.3 Å². The number of pyridine rings is 1. The average molecular weight is 267 g/mol. The Hall–Kier alpha value is -1.61. The van der Waals surface area contributed by atoms with E-state index in [9.17, 15) is 0 Å². The molecular weight excluding hydrogens is 246 g/mol. The summed E-state index contributed by atoms with van der Waals surface area (Å²) in [6.07, 6.45) is 4.13. The standard InChI is InChI=1S/C17H21N3/c1-18-10-14-9-13-4-2-3-5-16(13)19-17(14)20-11-12-6-7-15(20)8-12/h2-5,9,12,15,18H,6-8,10-11H2,1H3. The first-order valence-corrected chi connectivity index (χ1v) is 7.65. The normalized spacial score (nSPS) is 24.8. The van der Waals surface area contributed by atoms with E-state index in [1.807, 2.05) is 7.05 Å². The largest absolute Gasteiger partial charge is 0.353 e. The Kier molecular flexibility index (Phi) is 2.88. The van der Waals surface area contributed by atoms with Gasteiger partial charge in [-0.15, -0.1) is 0 Å². The van der Waals surface area contributed by atoms with Crippen molar-refractivity contribution in [3.05, 3.63) is 35.9 Å². The molecule has 1 saturated heterocycles. The number of aromatic nitrogens is 1. The molecule has 0 radical (unpaired) electrons. The van der Waals surface area contributed by atoms with E-state index in [-0.39, 0.29) is 0 Å². The van der Waals surface area contributed by atoms with Crippen LogP contribution in [0.15, 0.2) is 30.3 Å². The van der Waals surface area contributed by atoms with Crippen LogP contribution in [-0.4, -0.2) is 24.6 Å². The second kappa shape index (κ2) is 4.74. The Balaban J connectivity index is 1.81. The van der Waals surface area contributed by atoms with Gasteiger partial charge in [0.15, 0.2) is 0 Å². The smallest absolute Gasteiger partial charge is 0.134 e. The summed E-state index contributed by atoms with van der Waals surface area (Å²) in [7, 11) is 2.01. The van der Waals surface area contributed by atoms with Crippen LogP contribution in [0.2, 0.25) is 0 Å². The van der Waals surface area contributed by atoms with Crippen LogP contribution < -0.4 is 10.2 Å². The van der Waals surface area contributed by atoms with Gasteiger partial charge >= 0.3 is 0 Å². The fourth-order valence-electron chi connectivity index (χ4n) is 3.90. The Labute approximate surface area is 120 Å². The number of hydrogen-bond donors (Lipinski definition) is 1. The lowest BCUT2D eigenvalue weighted by Crippen LogP contribution is -2.33. The molecule has 2 fully saturated rings. The molecule has 3 heteroatoms. The van der Waals surface area contributed by atoms with Crippen molar-refractivity contribution >= 4 is 16.7 Å². The molecule has 1 aromatic heterocycles. The summed E-state index contributed by atoms with van der Waals surface area (Å²) >= 11 is 0. The van der Waals surface area contributed by atoms with E-state index in [0.717, 1.165) is 24.0 Å². The average Bonchev–Trinajstić information content (AvgIpc) is 3.09. The zero-order valence-electron chi connectivity index (χ0n) is 12.0. The Morgan fingerprint density at radius 2 is 2.20 bits per heavy atom. The van der Waals surface area contributed by atoms with E-state index in [1.165, 1.54) is 42.6 Å². The molecule has 0 amide bonds. The van der Waals surface area contributed by atoms with Gasteiger partial charge in [0, 0.05) is 30.1 Å². The first-order valence-electron chi connectivity index (χ1n) is 7.65. The number of piperidine rings is 1. The molecule has 2 bridgehead atoms. The molecule has 1 saturated carbocycles. The van der Waals surface area contributed by atoms with E-state index in [4.69, 9.17) is 4.98 Å². The summed E-state index contributed by atoms with van der Waals surface area (Å²) < 4.78 is 0. The van der Waals surface area contributed by atoms with Gasteiger partial charge in [-0.25, -0.2) is 4.98 Å². The maximum atomic E-state index is 4.98. The molecule has 4 rings (SSSR count). The molecule has 104 valence electrons. The summed E-state index contributed by atoms with van der Waals surface area (Å²) in [6, 6.07) is 11.5. The molecule has 1 aliphatic heterocycles. The second-order valence-corrected chi connectivity index (χ2v) is 6.18. The minimum Gasteiger partial charge on any atom is -0.353 e. The van der Waals surface area contributed by atoms with E-state index in [1.54, 1.807) is 0 Å². The van der Waals surface area contributed by atoms with Crippen molar-refractivity contribution in [3.63, 3.8) is 0 Å². The number of para-hydroxylation sites is 1. The number of benzene rings is 1. The van der Waals surface area contributed by atoms with E-state index >= 15 is 0 Å². The third kappa shape index (κ3) is 1.88. The van der Waals surface area contributed by atoms with Gasteiger partial charge in [-0.1, -0.05) is 18.2 Å². The number of rotatable bonds is 3. The molecule has 3 nitrogen and oxygen atoms in total. The summed E-state index contributed by atoms with van der Waals surface area (Å²) in [5.41, 5.74) is 2.45. The van der Waals surface area contributed by atoms with Crippen LogP contribution in [-0.2, 0) is 6.54 Å². The van der Waals surface area contributed by atoms with Crippen LogP contribution in [0.3, 0.4) is 0 Å². The zero-order chi connectivity index (χ0) is 13.5. The molecule has 20 heavy (non-hydrogen) atoms. The van der Waals surface area contributed by atoms with Gasteiger partial charge in [0.25, 0.3) is 0 Å². The van der Waals surface area contributed by atoms with Crippen molar-refractivity contribution in [2.45, 2.75) is 31.8 Å². The Bertz CT molecular complexity index is 637. The van der Waals surface area contributed by atoms with Crippen LogP contribution in [0.5, 0.6) is 0 Å². The molecule has 2 unspecified atom stereocenters. The minimum atomic E-state index is 0.726. The molecule has 2 aliphatic rings. The Morgan fingerprint density at radius 1 is 1.30 bits per heavy atom. The maximum absolute atomic E-state index is 4.98. The van der Waals surface area contributed by atoms with Gasteiger partial charge in [0.1, 0.15) is 5.82 Å². The SMILES string of the molecule is CNCc1cc2ccccc2nc1N1CC2CCC1C2. The zero-order valence-corrected chi connectivity index (χ0v) is 12.0. The summed E-state index contributed by atoms with van der Waals surface area (Å²) in [5.74, 6) is 2.11. The molecule has 1 aromatic carbocycles. The summed E-state index contributed by atoms with van der Waals surface area (Å²) in [6.45, 7) is 2.09. The highest BCUT2D eigenvalue weighted by atomic mass is 15.2. The number of anilines is 1. The fourth-order valence-corrected chi connectivity index (χ4v) is 3.90. The minimum absolute atomic E-state index is 0.726. The van der Waals surface area contributed by atoms with E-state index in [2.05, 4.69) is 40.5 Å².